The molecule has 9 heteroatoms. The average Bonchev–Trinajstić information content (AvgIpc) is 3.00. The van der Waals surface area contributed by atoms with Gasteiger partial charge in [0.25, 0.3) is 0 Å². The maximum Gasteiger partial charge on any atom is 0.225 e. The molecule has 0 saturated carbocycles. The second kappa shape index (κ2) is 11.3. The second-order valence-electron chi connectivity index (χ2n) is 5.75. The van der Waals surface area contributed by atoms with Gasteiger partial charge < -0.3 is 19.9 Å². The summed E-state index contributed by atoms with van der Waals surface area (Å²) in [7, 11) is 1.93. The van der Waals surface area contributed by atoms with Crippen LogP contribution in [0.5, 0.6) is 5.75 Å². The first-order chi connectivity index (χ1) is 11.7. The Balaban J connectivity index is 0.00000169. The molecule has 144 valence electrons. The van der Waals surface area contributed by atoms with Crippen LogP contribution in [0.3, 0.4) is 0 Å². The van der Waals surface area contributed by atoms with Crippen molar-refractivity contribution in [1.29, 1.82) is 0 Å². The van der Waals surface area contributed by atoms with Crippen LogP contribution in [-0.2, 0) is 18.4 Å². The van der Waals surface area contributed by atoms with Crippen molar-refractivity contribution in [3.05, 3.63) is 42.5 Å². The van der Waals surface area contributed by atoms with E-state index < -0.39 is 0 Å². The van der Waals surface area contributed by atoms with Gasteiger partial charge in [-0.05, 0) is 24.3 Å². The van der Waals surface area contributed by atoms with Gasteiger partial charge in [-0.25, -0.2) is 4.98 Å². The molecule has 1 aliphatic rings. The molecule has 6 nitrogen and oxygen atoms in total. The Labute approximate surface area is 170 Å². The standard InChI is InChI=1S/C17H22N4O2S.2ClH/c1-21-8-6-19-16(21)11-23-15-4-2-13(3-5-15)20-17(22)10-14-12-24-9-7-18-14;;/h2-6,8,14,18H,7,9-12H2,1H3,(H,20,22);2*1H. The quantitative estimate of drug-likeness (QED) is 0.754. The Morgan fingerprint density at radius 3 is 2.77 bits per heavy atom. The molecule has 1 atom stereocenters. The lowest BCUT2D eigenvalue weighted by molar-refractivity contribution is -0.116. The number of aryl methyl sites for hydroxylation is 1. The minimum Gasteiger partial charge on any atom is -0.486 e. The van der Waals surface area contributed by atoms with Crippen LogP contribution in [0.15, 0.2) is 36.7 Å². The zero-order valence-corrected chi connectivity index (χ0v) is 17.0. The summed E-state index contributed by atoms with van der Waals surface area (Å²) in [6.07, 6.45) is 4.14. The molecular formula is C17H24Cl2N4O2S. The van der Waals surface area contributed by atoms with E-state index in [2.05, 4.69) is 15.6 Å². The predicted octanol–water partition coefficient (Wildman–Crippen LogP) is 2.88. The molecule has 3 rings (SSSR count). The summed E-state index contributed by atoms with van der Waals surface area (Å²) in [4.78, 5) is 16.3. The fourth-order valence-corrected chi connectivity index (χ4v) is 3.45. The third-order valence-electron chi connectivity index (χ3n) is 3.86. The van der Waals surface area contributed by atoms with E-state index in [9.17, 15) is 4.79 Å². The predicted molar refractivity (Wildman–Crippen MR) is 111 cm³/mol. The molecule has 2 N–H and O–H groups in total. The van der Waals surface area contributed by atoms with E-state index in [1.807, 2.05) is 53.8 Å². The Bertz CT molecular complexity index is 676. The zero-order valence-electron chi connectivity index (χ0n) is 14.5. The molecule has 1 aromatic carbocycles. The van der Waals surface area contributed by atoms with Crippen molar-refractivity contribution in [3.8, 4) is 5.75 Å². The van der Waals surface area contributed by atoms with Gasteiger partial charge in [-0.2, -0.15) is 11.8 Å². The molecule has 1 amide bonds. The Kier molecular flexibility index (Phi) is 9.87. The molecule has 0 bridgehead atoms. The summed E-state index contributed by atoms with van der Waals surface area (Å²) < 4.78 is 7.63. The summed E-state index contributed by atoms with van der Waals surface area (Å²) in [5, 5.41) is 6.30. The van der Waals surface area contributed by atoms with Crippen molar-refractivity contribution < 1.29 is 9.53 Å². The maximum absolute atomic E-state index is 12.1. The largest absolute Gasteiger partial charge is 0.486 e. The van der Waals surface area contributed by atoms with E-state index in [1.165, 1.54) is 0 Å². The van der Waals surface area contributed by atoms with Crippen LogP contribution in [0, 0.1) is 0 Å². The van der Waals surface area contributed by atoms with Crippen LogP contribution in [0.25, 0.3) is 0 Å². The van der Waals surface area contributed by atoms with E-state index >= 15 is 0 Å². The van der Waals surface area contributed by atoms with Crippen LogP contribution in [0.1, 0.15) is 12.2 Å². The van der Waals surface area contributed by atoms with Crippen LogP contribution in [0.4, 0.5) is 5.69 Å². The number of nitrogens with one attached hydrogen (secondary N) is 2. The number of nitrogens with zero attached hydrogens (tertiary/aromatic N) is 2. The third kappa shape index (κ3) is 6.72. The van der Waals surface area contributed by atoms with Gasteiger partial charge in [0.1, 0.15) is 18.2 Å². The first kappa shape index (κ1) is 22.6. The number of hydrogen-bond donors (Lipinski definition) is 2. The lowest BCUT2D eigenvalue weighted by Crippen LogP contribution is -2.39. The molecule has 2 aromatic rings. The Hall–Kier alpha value is -1.41. The van der Waals surface area contributed by atoms with Crippen molar-refractivity contribution in [2.45, 2.75) is 19.1 Å². The molecule has 1 saturated heterocycles. The molecule has 0 spiro atoms. The lowest BCUT2D eigenvalue weighted by atomic mass is 10.2. The fraction of sp³-hybridized carbons (Fsp3) is 0.412. The van der Waals surface area contributed by atoms with Gasteiger partial charge in [0.15, 0.2) is 0 Å². The van der Waals surface area contributed by atoms with Crippen LogP contribution in [0.2, 0.25) is 0 Å². The highest BCUT2D eigenvalue weighted by Crippen LogP contribution is 2.17. The fourth-order valence-electron chi connectivity index (χ4n) is 2.50. The molecule has 1 fully saturated rings. The summed E-state index contributed by atoms with van der Waals surface area (Å²) >= 11 is 1.89. The SMILES string of the molecule is Cl.Cl.Cn1ccnc1COc1ccc(NC(=O)CC2CSCCN2)cc1. The van der Waals surface area contributed by atoms with Gasteiger partial charge in [0.05, 0.1) is 0 Å². The molecule has 2 heterocycles. The number of amides is 1. The van der Waals surface area contributed by atoms with Crippen molar-refractivity contribution in [2.24, 2.45) is 7.05 Å². The first-order valence-electron chi connectivity index (χ1n) is 8.01. The number of rotatable bonds is 6. The van der Waals surface area contributed by atoms with E-state index in [-0.39, 0.29) is 36.8 Å². The molecule has 1 aromatic heterocycles. The van der Waals surface area contributed by atoms with Crippen molar-refractivity contribution in [1.82, 2.24) is 14.9 Å². The highest BCUT2D eigenvalue weighted by molar-refractivity contribution is 7.99. The van der Waals surface area contributed by atoms with Crippen molar-refractivity contribution in [2.75, 3.05) is 23.4 Å². The van der Waals surface area contributed by atoms with Crippen molar-refractivity contribution in [3.63, 3.8) is 0 Å². The number of hydrogen-bond acceptors (Lipinski definition) is 5. The number of aromatic nitrogens is 2. The van der Waals surface area contributed by atoms with E-state index in [1.54, 1.807) is 6.20 Å². The molecule has 26 heavy (non-hydrogen) atoms. The third-order valence-corrected chi connectivity index (χ3v) is 4.99. The molecule has 0 radical (unpaired) electrons. The number of carbonyl (C=O) groups excluding carboxylic acids is 1. The van der Waals surface area contributed by atoms with E-state index in [0.717, 1.165) is 35.3 Å². The number of ether oxygens (including phenoxy) is 1. The Morgan fingerprint density at radius 1 is 1.38 bits per heavy atom. The summed E-state index contributed by atoms with van der Waals surface area (Å²) in [6, 6.07) is 7.69. The number of anilines is 1. The minimum atomic E-state index is 0. The maximum atomic E-state index is 12.1. The van der Waals surface area contributed by atoms with Crippen LogP contribution in [-0.4, -0.2) is 39.6 Å². The van der Waals surface area contributed by atoms with E-state index in [4.69, 9.17) is 4.74 Å². The van der Waals surface area contributed by atoms with Crippen LogP contribution >= 0.6 is 36.6 Å². The lowest BCUT2D eigenvalue weighted by Gasteiger charge is -2.22. The second-order valence-corrected chi connectivity index (χ2v) is 6.90. The number of thioether (sulfide) groups is 1. The molecule has 1 aliphatic heterocycles. The number of benzene rings is 1. The highest BCUT2D eigenvalue weighted by Gasteiger charge is 2.16. The number of carbonyl (C=O) groups is 1. The summed E-state index contributed by atoms with van der Waals surface area (Å²) in [5.74, 6) is 3.77. The normalized spacial score (nSPS) is 16.1. The van der Waals surface area contributed by atoms with Crippen LogP contribution < -0.4 is 15.4 Å². The Morgan fingerprint density at radius 2 is 2.15 bits per heavy atom. The average molecular weight is 419 g/mol. The van der Waals surface area contributed by atoms with Gasteiger partial charge in [-0.1, -0.05) is 0 Å². The summed E-state index contributed by atoms with van der Waals surface area (Å²) in [5.41, 5.74) is 0.785. The van der Waals surface area contributed by atoms with E-state index in [0.29, 0.717) is 13.0 Å². The minimum absolute atomic E-state index is 0. The topological polar surface area (TPSA) is 68.2 Å². The first-order valence-corrected chi connectivity index (χ1v) is 9.16. The molecule has 0 aliphatic carbocycles. The van der Waals surface area contributed by atoms with Gasteiger partial charge in [-0.15, -0.1) is 24.8 Å². The number of imidazole rings is 1. The smallest absolute Gasteiger partial charge is 0.225 e. The molecule has 1 unspecified atom stereocenters. The zero-order chi connectivity index (χ0) is 16.8. The van der Waals surface area contributed by atoms with Gasteiger partial charge >= 0.3 is 0 Å². The van der Waals surface area contributed by atoms with Gasteiger partial charge in [0.2, 0.25) is 5.91 Å². The van der Waals surface area contributed by atoms with Crippen molar-refractivity contribution >= 4 is 48.2 Å². The van der Waals surface area contributed by atoms with Gasteiger partial charge in [-0.3, -0.25) is 4.79 Å². The van der Waals surface area contributed by atoms with Gasteiger partial charge in [0, 0.05) is 55.6 Å². The highest BCUT2D eigenvalue weighted by atomic mass is 35.5. The molecular weight excluding hydrogens is 395 g/mol. The number of halogens is 2. The summed E-state index contributed by atoms with van der Waals surface area (Å²) in [6.45, 7) is 1.39. The monoisotopic (exact) mass is 418 g/mol.